The summed E-state index contributed by atoms with van der Waals surface area (Å²) in [6.45, 7) is 7.13. The van der Waals surface area contributed by atoms with Gasteiger partial charge in [-0.15, -0.1) is 0 Å². The van der Waals surface area contributed by atoms with E-state index in [1.165, 1.54) is 24.5 Å². The quantitative estimate of drug-likeness (QED) is 0.573. The van der Waals surface area contributed by atoms with Gasteiger partial charge >= 0.3 is 0 Å². The zero-order valence-electron chi connectivity index (χ0n) is 11.0. The second-order valence-electron chi connectivity index (χ2n) is 3.90. The SMILES string of the molecule is C=C/C(O)=C(\C=C)c1cc(Nc2cnc(C#N)cn2)n[nH]1. The van der Waals surface area contributed by atoms with Crippen molar-refractivity contribution in [2.24, 2.45) is 0 Å². The normalized spacial score (nSPS) is 11.2. The Morgan fingerprint density at radius 1 is 1.29 bits per heavy atom. The summed E-state index contributed by atoms with van der Waals surface area (Å²) < 4.78 is 0. The lowest BCUT2D eigenvalue weighted by Gasteiger charge is -2.00. The van der Waals surface area contributed by atoms with Crippen molar-refractivity contribution in [1.29, 1.82) is 5.26 Å². The van der Waals surface area contributed by atoms with Crippen LogP contribution >= 0.6 is 0 Å². The van der Waals surface area contributed by atoms with Gasteiger partial charge in [-0.1, -0.05) is 19.2 Å². The van der Waals surface area contributed by atoms with Crippen molar-refractivity contribution < 1.29 is 5.11 Å². The molecule has 2 rings (SSSR count). The molecule has 0 bridgehead atoms. The number of anilines is 2. The summed E-state index contributed by atoms with van der Waals surface area (Å²) in [7, 11) is 0. The van der Waals surface area contributed by atoms with Crippen LogP contribution in [-0.4, -0.2) is 25.3 Å². The Bertz CT molecular complexity index is 736. The number of aliphatic hydroxyl groups excluding tert-OH is 1. The maximum absolute atomic E-state index is 9.70. The number of nitrogens with zero attached hydrogens (tertiary/aromatic N) is 4. The van der Waals surface area contributed by atoms with Gasteiger partial charge in [0, 0.05) is 11.6 Å². The molecular weight excluding hydrogens is 268 g/mol. The average Bonchev–Trinajstić information content (AvgIpc) is 2.96. The van der Waals surface area contributed by atoms with E-state index in [-0.39, 0.29) is 11.5 Å². The van der Waals surface area contributed by atoms with Crippen LogP contribution in [0, 0.1) is 11.3 Å². The predicted octanol–water partition coefficient (Wildman–Crippen LogP) is 2.46. The summed E-state index contributed by atoms with van der Waals surface area (Å²) in [6.07, 6.45) is 5.60. The van der Waals surface area contributed by atoms with Crippen LogP contribution in [-0.2, 0) is 0 Å². The highest BCUT2D eigenvalue weighted by Gasteiger charge is 2.08. The Balaban J connectivity index is 2.22. The lowest BCUT2D eigenvalue weighted by molar-refractivity contribution is 0.436. The maximum Gasteiger partial charge on any atom is 0.158 e. The first-order chi connectivity index (χ1) is 10.2. The van der Waals surface area contributed by atoms with Crippen LogP contribution in [0.5, 0.6) is 0 Å². The van der Waals surface area contributed by atoms with Crippen molar-refractivity contribution >= 4 is 17.2 Å². The molecule has 0 aliphatic carbocycles. The van der Waals surface area contributed by atoms with Gasteiger partial charge < -0.3 is 10.4 Å². The number of nitriles is 1. The van der Waals surface area contributed by atoms with Crippen molar-refractivity contribution in [3.8, 4) is 6.07 Å². The van der Waals surface area contributed by atoms with E-state index in [1.807, 2.05) is 6.07 Å². The monoisotopic (exact) mass is 280 g/mol. The van der Waals surface area contributed by atoms with Gasteiger partial charge in [-0.3, -0.25) is 5.10 Å². The lowest BCUT2D eigenvalue weighted by atomic mass is 10.1. The van der Waals surface area contributed by atoms with Crippen molar-refractivity contribution in [2.45, 2.75) is 0 Å². The number of allylic oxidation sites excluding steroid dienone is 3. The summed E-state index contributed by atoms with van der Waals surface area (Å²) in [5.41, 5.74) is 1.29. The number of H-pyrrole nitrogens is 1. The average molecular weight is 280 g/mol. The van der Waals surface area contributed by atoms with Gasteiger partial charge in [0.2, 0.25) is 0 Å². The summed E-state index contributed by atoms with van der Waals surface area (Å²) in [4.78, 5) is 7.91. The van der Waals surface area contributed by atoms with Crippen LogP contribution in [0.25, 0.3) is 5.57 Å². The van der Waals surface area contributed by atoms with Crippen LogP contribution in [0.3, 0.4) is 0 Å². The van der Waals surface area contributed by atoms with Crippen molar-refractivity contribution in [3.63, 3.8) is 0 Å². The van der Waals surface area contributed by atoms with Crippen molar-refractivity contribution in [2.75, 3.05) is 5.32 Å². The molecule has 0 unspecified atom stereocenters. The Labute approximate surface area is 121 Å². The largest absolute Gasteiger partial charge is 0.507 e. The molecule has 2 aromatic rings. The highest BCUT2D eigenvalue weighted by molar-refractivity contribution is 5.76. The van der Waals surface area contributed by atoms with E-state index in [1.54, 1.807) is 6.07 Å². The van der Waals surface area contributed by atoms with Crippen LogP contribution in [0.15, 0.2) is 49.5 Å². The fourth-order valence-corrected chi connectivity index (χ4v) is 1.57. The zero-order chi connectivity index (χ0) is 15.2. The molecule has 21 heavy (non-hydrogen) atoms. The molecule has 2 aromatic heterocycles. The molecule has 0 radical (unpaired) electrons. The predicted molar refractivity (Wildman–Crippen MR) is 78.6 cm³/mol. The number of nitrogens with one attached hydrogen (secondary N) is 2. The van der Waals surface area contributed by atoms with Gasteiger partial charge in [0.1, 0.15) is 17.6 Å². The zero-order valence-corrected chi connectivity index (χ0v) is 11.0. The van der Waals surface area contributed by atoms with E-state index >= 15 is 0 Å². The van der Waals surface area contributed by atoms with Crippen molar-refractivity contribution in [3.05, 3.63) is 60.9 Å². The van der Waals surface area contributed by atoms with E-state index in [4.69, 9.17) is 5.26 Å². The standard InChI is InChI=1S/C14H12N6O/c1-3-10(12(21)4-2)11-5-13(20-19-11)18-14-8-16-9(6-15)7-17-14/h3-5,7-8,21H,1-2H2,(H2,17,18,19,20)/b12-10-. The van der Waals surface area contributed by atoms with Crippen LogP contribution in [0.1, 0.15) is 11.4 Å². The van der Waals surface area contributed by atoms with Gasteiger partial charge in [-0.25, -0.2) is 9.97 Å². The van der Waals surface area contributed by atoms with E-state index in [2.05, 4.69) is 38.6 Å². The molecule has 7 nitrogen and oxygen atoms in total. The Hall–Kier alpha value is -3.40. The highest BCUT2D eigenvalue weighted by atomic mass is 16.3. The highest BCUT2D eigenvalue weighted by Crippen LogP contribution is 2.21. The first-order valence-electron chi connectivity index (χ1n) is 5.91. The fraction of sp³-hybridized carbons (Fsp3) is 0. The molecule has 0 atom stereocenters. The van der Waals surface area contributed by atoms with Gasteiger partial charge in [-0.05, 0) is 6.08 Å². The summed E-state index contributed by atoms with van der Waals surface area (Å²) >= 11 is 0. The molecule has 0 saturated heterocycles. The molecule has 0 aromatic carbocycles. The molecule has 104 valence electrons. The number of aromatic amines is 1. The Morgan fingerprint density at radius 3 is 2.67 bits per heavy atom. The Kier molecular flexibility index (Phi) is 4.11. The molecule has 0 spiro atoms. The number of hydrogen-bond acceptors (Lipinski definition) is 6. The number of aromatic nitrogens is 4. The molecule has 0 aliphatic rings. The molecule has 0 saturated carbocycles. The summed E-state index contributed by atoms with van der Waals surface area (Å²) in [5, 5.41) is 28.1. The van der Waals surface area contributed by atoms with Gasteiger partial charge in [0.05, 0.1) is 18.1 Å². The first-order valence-corrected chi connectivity index (χ1v) is 5.91. The van der Waals surface area contributed by atoms with E-state index in [9.17, 15) is 5.11 Å². The van der Waals surface area contributed by atoms with E-state index in [0.717, 1.165) is 0 Å². The molecule has 0 amide bonds. The number of hydrogen-bond donors (Lipinski definition) is 3. The lowest BCUT2D eigenvalue weighted by Crippen LogP contribution is -1.95. The first kappa shape index (κ1) is 14.0. The number of aliphatic hydroxyl groups is 1. The minimum absolute atomic E-state index is 0.00151. The minimum Gasteiger partial charge on any atom is -0.507 e. The smallest absolute Gasteiger partial charge is 0.158 e. The molecule has 0 aliphatic heterocycles. The van der Waals surface area contributed by atoms with Crippen molar-refractivity contribution in [1.82, 2.24) is 20.2 Å². The molecule has 7 heteroatoms. The number of rotatable bonds is 5. The second-order valence-corrected chi connectivity index (χ2v) is 3.90. The van der Waals surface area contributed by atoms with Crippen LogP contribution in [0.2, 0.25) is 0 Å². The van der Waals surface area contributed by atoms with Crippen LogP contribution in [0.4, 0.5) is 11.6 Å². The maximum atomic E-state index is 9.70. The van der Waals surface area contributed by atoms with E-state index < -0.39 is 0 Å². The topological polar surface area (TPSA) is 111 Å². The molecule has 0 fully saturated rings. The van der Waals surface area contributed by atoms with Gasteiger partial charge in [0.15, 0.2) is 11.5 Å². The Morgan fingerprint density at radius 2 is 2.10 bits per heavy atom. The third kappa shape index (κ3) is 3.13. The third-order valence-corrected chi connectivity index (χ3v) is 2.56. The molecular formula is C14H12N6O. The van der Waals surface area contributed by atoms with E-state index in [0.29, 0.717) is 22.9 Å². The third-order valence-electron chi connectivity index (χ3n) is 2.56. The second kappa shape index (κ2) is 6.16. The van der Waals surface area contributed by atoms with Crippen LogP contribution < -0.4 is 5.32 Å². The summed E-state index contributed by atoms with van der Waals surface area (Å²) in [5.74, 6) is 0.933. The molecule has 3 N–H and O–H groups in total. The van der Waals surface area contributed by atoms with Gasteiger partial charge in [-0.2, -0.15) is 10.4 Å². The summed E-state index contributed by atoms with van der Waals surface area (Å²) in [6, 6.07) is 3.56. The fourth-order valence-electron chi connectivity index (χ4n) is 1.57. The minimum atomic E-state index is -0.00151. The molecule has 2 heterocycles. The van der Waals surface area contributed by atoms with Gasteiger partial charge in [0.25, 0.3) is 0 Å².